The van der Waals surface area contributed by atoms with Crippen LogP contribution in [0.2, 0.25) is 5.15 Å². The van der Waals surface area contributed by atoms with E-state index in [1.807, 2.05) is 0 Å². The topological polar surface area (TPSA) is 72.6 Å². The van der Waals surface area contributed by atoms with Gasteiger partial charge in [-0.05, 0) is 25.5 Å². The maximum atomic E-state index is 12.9. The summed E-state index contributed by atoms with van der Waals surface area (Å²) in [5.41, 5.74) is 0.985. The normalized spacial score (nSPS) is 12.1. The van der Waals surface area contributed by atoms with E-state index in [-0.39, 0.29) is 28.9 Å². The average molecular weight is 450 g/mol. The monoisotopic (exact) mass is 449 g/mol. The molecule has 0 N–H and O–H groups in total. The van der Waals surface area contributed by atoms with E-state index in [9.17, 15) is 18.0 Å². The number of anilines is 1. The van der Waals surface area contributed by atoms with Crippen LogP contribution in [0.25, 0.3) is 5.69 Å². The number of hydrogen-bond donors (Lipinski definition) is 0. The van der Waals surface area contributed by atoms with Gasteiger partial charge in [0.25, 0.3) is 5.91 Å². The summed E-state index contributed by atoms with van der Waals surface area (Å²) < 4.78 is 38.4. The van der Waals surface area contributed by atoms with Crippen LogP contribution in [0.3, 0.4) is 0 Å². The van der Waals surface area contributed by atoms with Crippen molar-refractivity contribution in [2.24, 2.45) is 5.16 Å². The number of hydrogen-bond acceptors (Lipinski definition) is 6. The van der Waals surface area contributed by atoms with E-state index < -0.39 is 18.5 Å². The number of halogens is 4. The lowest BCUT2D eigenvalue weighted by atomic mass is 10.3. The van der Waals surface area contributed by atoms with Crippen LogP contribution < -0.4 is 4.90 Å². The summed E-state index contributed by atoms with van der Waals surface area (Å²) in [5.74, 6) is -0.479. The third-order valence-electron chi connectivity index (χ3n) is 3.61. The van der Waals surface area contributed by atoms with Gasteiger partial charge in [-0.1, -0.05) is 28.5 Å². The van der Waals surface area contributed by atoms with Crippen molar-refractivity contribution in [3.05, 3.63) is 35.9 Å². The second-order valence-electron chi connectivity index (χ2n) is 5.66. The van der Waals surface area contributed by atoms with Crippen LogP contribution >= 0.6 is 23.4 Å². The summed E-state index contributed by atoms with van der Waals surface area (Å²) in [6.45, 7) is 1.97. The van der Waals surface area contributed by atoms with Gasteiger partial charge in [-0.2, -0.15) is 18.3 Å². The fourth-order valence-electron chi connectivity index (χ4n) is 2.34. The van der Waals surface area contributed by atoms with E-state index in [2.05, 4.69) is 15.2 Å². The van der Waals surface area contributed by atoms with Crippen molar-refractivity contribution in [1.82, 2.24) is 14.8 Å². The molecule has 2 heterocycles. The van der Waals surface area contributed by atoms with Crippen LogP contribution in [0.4, 0.5) is 18.9 Å². The first kappa shape index (κ1) is 23.0. The maximum Gasteiger partial charge on any atom is 0.389 e. The third-order valence-corrected chi connectivity index (χ3v) is 4.90. The minimum atomic E-state index is -4.24. The Morgan fingerprint density at radius 2 is 2.21 bits per heavy atom. The molecule has 29 heavy (non-hydrogen) atoms. The molecule has 2 rings (SSSR count). The van der Waals surface area contributed by atoms with Gasteiger partial charge in [0, 0.05) is 24.9 Å². The molecule has 0 bridgehead atoms. The molecule has 0 saturated heterocycles. The smallest absolute Gasteiger partial charge is 0.389 e. The van der Waals surface area contributed by atoms with Gasteiger partial charge >= 0.3 is 6.18 Å². The molecule has 0 aliphatic heterocycles. The standard InChI is InChI=1S/C17H19ClF3N5O2S/c1-3-25(13-11-26(23-14(13)18)12-6-4-8-22-10-12)16(27)15(24-28-2)29-9-5-7-17(19,20)21/h4,6,8,10-11H,3,5,7,9H2,1-2H3. The molecule has 1 amide bonds. The summed E-state index contributed by atoms with van der Waals surface area (Å²) >= 11 is 7.12. The Balaban J connectivity index is 2.17. The number of nitrogens with zero attached hydrogens (tertiary/aromatic N) is 5. The summed E-state index contributed by atoms with van der Waals surface area (Å²) in [4.78, 5) is 23.0. The number of oxime groups is 1. The van der Waals surface area contributed by atoms with Crippen molar-refractivity contribution in [1.29, 1.82) is 0 Å². The fraction of sp³-hybridized carbons (Fsp3) is 0.412. The van der Waals surface area contributed by atoms with E-state index in [1.54, 1.807) is 37.6 Å². The van der Waals surface area contributed by atoms with Crippen LogP contribution in [0.5, 0.6) is 0 Å². The molecule has 0 radical (unpaired) electrons. The maximum absolute atomic E-state index is 12.9. The number of aromatic nitrogens is 3. The molecule has 12 heteroatoms. The van der Waals surface area contributed by atoms with Gasteiger partial charge in [0.05, 0.1) is 18.1 Å². The molecule has 0 aliphatic rings. The van der Waals surface area contributed by atoms with Crippen LogP contribution in [-0.2, 0) is 9.63 Å². The molecule has 0 unspecified atom stereocenters. The van der Waals surface area contributed by atoms with E-state index in [0.717, 1.165) is 11.8 Å². The van der Waals surface area contributed by atoms with Crippen molar-refractivity contribution >= 4 is 40.0 Å². The van der Waals surface area contributed by atoms with Crippen LogP contribution in [0, 0.1) is 0 Å². The molecule has 2 aromatic heterocycles. The number of thioether (sulfide) groups is 1. The lowest BCUT2D eigenvalue weighted by molar-refractivity contribution is -0.134. The van der Waals surface area contributed by atoms with Gasteiger partial charge in [0.2, 0.25) is 5.04 Å². The van der Waals surface area contributed by atoms with E-state index in [4.69, 9.17) is 16.4 Å². The summed E-state index contributed by atoms with van der Waals surface area (Å²) in [7, 11) is 1.26. The van der Waals surface area contributed by atoms with E-state index in [0.29, 0.717) is 11.4 Å². The fourth-order valence-corrected chi connectivity index (χ4v) is 3.41. The molecule has 2 aromatic rings. The van der Waals surface area contributed by atoms with Crippen LogP contribution in [0.15, 0.2) is 35.9 Å². The van der Waals surface area contributed by atoms with Crippen molar-refractivity contribution in [2.45, 2.75) is 25.9 Å². The first-order valence-corrected chi connectivity index (χ1v) is 9.91. The molecule has 0 fully saturated rings. The molecular formula is C17H19ClF3N5O2S. The zero-order chi connectivity index (χ0) is 21.4. The molecule has 7 nitrogen and oxygen atoms in total. The quantitative estimate of drug-likeness (QED) is 0.272. The number of rotatable bonds is 7. The highest BCUT2D eigenvalue weighted by Gasteiger charge is 2.28. The Labute approximate surface area is 174 Å². The number of alkyl halides is 3. The van der Waals surface area contributed by atoms with Crippen molar-refractivity contribution in [3.63, 3.8) is 0 Å². The van der Waals surface area contributed by atoms with Crippen molar-refractivity contribution in [2.75, 3.05) is 24.3 Å². The van der Waals surface area contributed by atoms with Gasteiger partial charge in [0.1, 0.15) is 12.8 Å². The molecule has 0 aliphatic carbocycles. The summed E-state index contributed by atoms with van der Waals surface area (Å²) in [6, 6.07) is 3.50. The lowest BCUT2D eigenvalue weighted by Crippen LogP contribution is -2.35. The highest BCUT2D eigenvalue weighted by atomic mass is 35.5. The van der Waals surface area contributed by atoms with Crippen LogP contribution in [0.1, 0.15) is 19.8 Å². The number of carbonyl (C=O) groups excluding carboxylic acids is 1. The minimum Gasteiger partial charge on any atom is -0.398 e. The Bertz CT molecular complexity index is 845. The highest BCUT2D eigenvalue weighted by Crippen LogP contribution is 2.28. The third kappa shape index (κ3) is 6.64. The Kier molecular flexibility index (Phi) is 8.32. The van der Waals surface area contributed by atoms with E-state index in [1.165, 1.54) is 16.7 Å². The van der Waals surface area contributed by atoms with Gasteiger partial charge in [-0.15, -0.1) is 0 Å². The molecular weight excluding hydrogens is 431 g/mol. The van der Waals surface area contributed by atoms with Crippen molar-refractivity contribution in [3.8, 4) is 5.69 Å². The molecule has 0 saturated carbocycles. The molecule has 0 atom stereocenters. The number of pyridine rings is 1. The predicted molar refractivity (Wildman–Crippen MR) is 107 cm³/mol. The largest absolute Gasteiger partial charge is 0.398 e. The zero-order valence-corrected chi connectivity index (χ0v) is 17.3. The van der Waals surface area contributed by atoms with Gasteiger partial charge in [0.15, 0.2) is 5.15 Å². The zero-order valence-electron chi connectivity index (χ0n) is 15.7. The second-order valence-corrected chi connectivity index (χ2v) is 7.10. The Morgan fingerprint density at radius 3 is 2.79 bits per heavy atom. The minimum absolute atomic E-state index is 0.0632. The predicted octanol–water partition coefficient (Wildman–Crippen LogP) is 4.31. The average Bonchev–Trinajstić information content (AvgIpc) is 3.06. The lowest BCUT2D eigenvalue weighted by Gasteiger charge is -2.19. The Hall–Kier alpha value is -2.27. The molecule has 158 valence electrons. The van der Waals surface area contributed by atoms with Crippen LogP contribution in [-0.4, -0.2) is 51.3 Å². The van der Waals surface area contributed by atoms with Gasteiger partial charge in [-0.3, -0.25) is 9.78 Å². The molecule has 0 aromatic carbocycles. The Morgan fingerprint density at radius 1 is 1.45 bits per heavy atom. The first-order valence-electron chi connectivity index (χ1n) is 8.55. The SMILES string of the molecule is CCN(C(=O)C(=NOC)SCCCC(F)(F)F)c1cn(-c2cccnc2)nc1Cl. The second kappa shape index (κ2) is 10.5. The summed E-state index contributed by atoms with van der Waals surface area (Å²) in [6.07, 6.45) is -0.557. The van der Waals surface area contributed by atoms with Crippen molar-refractivity contribution < 1.29 is 22.8 Å². The highest BCUT2D eigenvalue weighted by molar-refractivity contribution is 8.15. The first-order chi connectivity index (χ1) is 13.8. The molecule has 0 spiro atoms. The number of carbonyl (C=O) groups is 1. The number of amides is 1. The van der Waals surface area contributed by atoms with E-state index >= 15 is 0 Å². The van der Waals surface area contributed by atoms with Gasteiger partial charge in [-0.25, -0.2) is 4.68 Å². The van der Waals surface area contributed by atoms with Gasteiger partial charge < -0.3 is 9.74 Å². The summed E-state index contributed by atoms with van der Waals surface area (Å²) in [5, 5.41) is 7.88.